The average Bonchev–Trinajstić information content (AvgIpc) is 3.40. The fourth-order valence-electron chi connectivity index (χ4n) is 3.47. The second kappa shape index (κ2) is 7.05. The molecular formula is C21H19N6O2. The predicted molar refractivity (Wildman–Crippen MR) is 106 cm³/mol. The number of ether oxygens (including phenoxy) is 1. The van der Waals surface area contributed by atoms with Gasteiger partial charge in [-0.25, -0.2) is 0 Å². The van der Waals surface area contributed by atoms with Crippen LogP contribution in [0.4, 0.5) is 5.69 Å². The van der Waals surface area contributed by atoms with E-state index in [1.807, 2.05) is 37.3 Å². The van der Waals surface area contributed by atoms with Crippen molar-refractivity contribution in [3.8, 4) is 22.8 Å². The van der Waals surface area contributed by atoms with Crippen molar-refractivity contribution in [3.63, 3.8) is 0 Å². The summed E-state index contributed by atoms with van der Waals surface area (Å²) in [5.41, 5.74) is 3.77. The smallest absolute Gasteiger partial charge is 0.249 e. The van der Waals surface area contributed by atoms with Crippen LogP contribution >= 0.6 is 0 Å². The molecule has 0 N–H and O–H groups in total. The fourth-order valence-corrected chi connectivity index (χ4v) is 3.47. The van der Waals surface area contributed by atoms with Crippen LogP contribution in [-0.4, -0.2) is 38.8 Å². The minimum Gasteiger partial charge on any atom is -0.497 e. The maximum Gasteiger partial charge on any atom is 0.249 e. The first kappa shape index (κ1) is 17.4. The Hall–Kier alpha value is -3.68. The molecule has 8 nitrogen and oxygen atoms in total. The van der Waals surface area contributed by atoms with Gasteiger partial charge in [-0.05, 0) is 43.2 Å². The molecule has 1 saturated heterocycles. The molecule has 145 valence electrons. The Morgan fingerprint density at radius 2 is 2.07 bits per heavy atom. The molecule has 1 fully saturated rings. The maximum absolute atomic E-state index is 5.62. The molecular weight excluding hydrogens is 368 g/mol. The van der Waals surface area contributed by atoms with E-state index < -0.39 is 0 Å². The molecule has 1 radical (unpaired) electrons. The van der Waals surface area contributed by atoms with Crippen molar-refractivity contribution >= 4 is 5.69 Å². The van der Waals surface area contributed by atoms with Gasteiger partial charge in [-0.15, -0.1) is 4.80 Å². The predicted octanol–water partition coefficient (Wildman–Crippen LogP) is 3.39. The summed E-state index contributed by atoms with van der Waals surface area (Å²) in [6, 6.07) is 15.0. The molecule has 0 amide bonds. The Balaban J connectivity index is 1.46. The number of aromatic nitrogens is 5. The van der Waals surface area contributed by atoms with Crippen LogP contribution in [0.3, 0.4) is 0 Å². The third-order valence-electron chi connectivity index (χ3n) is 5.05. The Labute approximate surface area is 167 Å². The Morgan fingerprint density at radius 3 is 2.83 bits per heavy atom. The lowest BCUT2D eigenvalue weighted by atomic mass is 10.00. The lowest BCUT2D eigenvalue weighted by Gasteiger charge is -2.41. The average molecular weight is 387 g/mol. The molecule has 0 unspecified atom stereocenters. The molecule has 2 aromatic carbocycles. The fraction of sp³-hybridized carbons (Fsp3) is 0.238. The van der Waals surface area contributed by atoms with Crippen LogP contribution < -0.4 is 9.64 Å². The van der Waals surface area contributed by atoms with Crippen LogP contribution in [0.25, 0.3) is 17.1 Å². The van der Waals surface area contributed by atoms with Crippen molar-refractivity contribution in [3.05, 3.63) is 66.3 Å². The normalized spacial score (nSPS) is 15.9. The van der Waals surface area contributed by atoms with Crippen LogP contribution in [0.15, 0.2) is 53.3 Å². The number of hydrogen-bond donors (Lipinski definition) is 0. The first-order valence-corrected chi connectivity index (χ1v) is 9.36. The number of methoxy groups -OCH3 is 1. The molecule has 1 aliphatic rings. The van der Waals surface area contributed by atoms with Crippen LogP contribution in [0.2, 0.25) is 0 Å². The summed E-state index contributed by atoms with van der Waals surface area (Å²) in [4.78, 5) is 8.46. The van der Waals surface area contributed by atoms with Crippen molar-refractivity contribution in [2.45, 2.75) is 19.4 Å². The van der Waals surface area contributed by atoms with Crippen LogP contribution in [0.1, 0.15) is 23.9 Å². The van der Waals surface area contributed by atoms with Gasteiger partial charge >= 0.3 is 0 Å². The number of hydrogen-bond acceptors (Lipinski definition) is 7. The van der Waals surface area contributed by atoms with Crippen molar-refractivity contribution < 1.29 is 9.26 Å². The van der Waals surface area contributed by atoms with Gasteiger partial charge in [-0.3, -0.25) is 0 Å². The zero-order valence-corrected chi connectivity index (χ0v) is 16.1. The van der Waals surface area contributed by atoms with E-state index in [4.69, 9.17) is 9.26 Å². The molecule has 29 heavy (non-hydrogen) atoms. The zero-order chi connectivity index (χ0) is 19.8. The summed E-state index contributed by atoms with van der Waals surface area (Å²) in [5.74, 6) is 1.90. The highest BCUT2D eigenvalue weighted by atomic mass is 16.5. The molecule has 5 rings (SSSR count). The SMILES string of the molecule is COc1cccc(-c2noc([C@@H]3CCN3c3cc(C)c[c]c3-n3nccn3)n2)c1. The van der Waals surface area contributed by atoms with Gasteiger partial charge in [0.1, 0.15) is 17.5 Å². The number of rotatable bonds is 5. The van der Waals surface area contributed by atoms with Crippen LogP contribution in [-0.2, 0) is 0 Å². The molecule has 1 aliphatic heterocycles. The summed E-state index contributed by atoms with van der Waals surface area (Å²) in [7, 11) is 1.64. The van der Waals surface area contributed by atoms with Crippen LogP contribution in [0.5, 0.6) is 5.75 Å². The van der Waals surface area contributed by atoms with Gasteiger partial charge in [0.25, 0.3) is 0 Å². The second-order valence-corrected chi connectivity index (χ2v) is 6.92. The topological polar surface area (TPSA) is 82.1 Å². The first-order chi connectivity index (χ1) is 14.2. The standard InChI is InChI=1S/C21H19N6O2/c1-14-6-7-17(27-22-9-10-23-27)19(12-14)26-11-8-18(26)21-24-20(25-29-21)15-4-3-5-16(13-15)28-2/h3-6,9-10,12-13,18H,8,11H2,1-2H3/t18-/m0/s1. The van der Waals surface area contributed by atoms with Crippen molar-refractivity contribution in [1.29, 1.82) is 0 Å². The van der Waals surface area contributed by atoms with Crippen molar-refractivity contribution in [2.75, 3.05) is 18.6 Å². The number of benzene rings is 2. The molecule has 4 aromatic rings. The molecule has 8 heteroatoms. The van der Waals surface area contributed by atoms with Crippen molar-refractivity contribution in [2.24, 2.45) is 0 Å². The highest BCUT2D eigenvalue weighted by molar-refractivity contribution is 5.65. The molecule has 3 heterocycles. The van der Waals surface area contributed by atoms with E-state index in [2.05, 4.69) is 37.4 Å². The summed E-state index contributed by atoms with van der Waals surface area (Å²) in [6.45, 7) is 2.93. The summed E-state index contributed by atoms with van der Waals surface area (Å²) >= 11 is 0. The highest BCUT2D eigenvalue weighted by Gasteiger charge is 2.36. The third-order valence-corrected chi connectivity index (χ3v) is 5.05. The number of nitrogens with zero attached hydrogens (tertiary/aromatic N) is 6. The molecule has 0 saturated carbocycles. The quantitative estimate of drug-likeness (QED) is 0.519. The van der Waals surface area contributed by atoms with Gasteiger partial charge in [0.15, 0.2) is 0 Å². The van der Waals surface area contributed by atoms with Gasteiger partial charge in [-0.1, -0.05) is 17.3 Å². The molecule has 1 atom stereocenters. The van der Waals surface area contributed by atoms with Crippen LogP contribution in [0, 0.1) is 13.0 Å². The van der Waals surface area contributed by atoms with E-state index in [9.17, 15) is 0 Å². The Morgan fingerprint density at radius 1 is 1.21 bits per heavy atom. The molecule has 2 aromatic heterocycles. The largest absolute Gasteiger partial charge is 0.497 e. The minimum atomic E-state index is 0.00590. The van der Waals surface area contributed by atoms with E-state index in [0.717, 1.165) is 41.2 Å². The second-order valence-electron chi connectivity index (χ2n) is 6.92. The maximum atomic E-state index is 5.62. The van der Waals surface area contributed by atoms with E-state index in [1.54, 1.807) is 24.3 Å². The minimum absolute atomic E-state index is 0.00590. The summed E-state index contributed by atoms with van der Waals surface area (Å²) in [6.07, 6.45) is 4.24. The van der Waals surface area contributed by atoms with Gasteiger partial charge in [0.05, 0.1) is 25.2 Å². The van der Waals surface area contributed by atoms with E-state index >= 15 is 0 Å². The van der Waals surface area contributed by atoms with Gasteiger partial charge in [0.2, 0.25) is 11.7 Å². The van der Waals surface area contributed by atoms with Gasteiger partial charge < -0.3 is 14.2 Å². The van der Waals surface area contributed by atoms with E-state index in [1.165, 1.54) is 0 Å². The first-order valence-electron chi connectivity index (χ1n) is 9.36. The molecule has 0 bridgehead atoms. The highest BCUT2D eigenvalue weighted by Crippen LogP contribution is 2.40. The zero-order valence-electron chi connectivity index (χ0n) is 16.1. The lowest BCUT2D eigenvalue weighted by molar-refractivity contribution is 0.309. The van der Waals surface area contributed by atoms with Gasteiger partial charge in [-0.2, -0.15) is 15.2 Å². The molecule has 0 spiro atoms. The monoisotopic (exact) mass is 387 g/mol. The number of aryl methyl sites for hydroxylation is 1. The Bertz CT molecular complexity index is 1140. The van der Waals surface area contributed by atoms with Gasteiger partial charge in [0, 0.05) is 18.2 Å². The van der Waals surface area contributed by atoms with E-state index in [0.29, 0.717) is 11.7 Å². The lowest BCUT2D eigenvalue weighted by Crippen LogP contribution is -2.41. The van der Waals surface area contributed by atoms with Crippen molar-refractivity contribution in [1.82, 2.24) is 25.1 Å². The molecule has 0 aliphatic carbocycles. The summed E-state index contributed by atoms with van der Waals surface area (Å²) < 4.78 is 10.9. The third kappa shape index (κ3) is 3.12. The Kier molecular flexibility index (Phi) is 4.23. The number of anilines is 1. The van der Waals surface area contributed by atoms with E-state index in [-0.39, 0.29) is 6.04 Å². The summed E-state index contributed by atoms with van der Waals surface area (Å²) in [5, 5.41) is 12.7.